The van der Waals surface area contributed by atoms with Crippen molar-refractivity contribution in [3.63, 3.8) is 0 Å². The number of aryl methyl sites for hydroxylation is 2. The molecule has 1 fully saturated rings. The molecule has 1 saturated heterocycles. The van der Waals surface area contributed by atoms with Crippen LogP contribution < -0.4 is 0 Å². The molecule has 4 nitrogen and oxygen atoms in total. The van der Waals surface area contributed by atoms with Gasteiger partial charge in [0.25, 0.3) is 0 Å². The highest BCUT2D eigenvalue weighted by Crippen LogP contribution is 2.34. The number of rotatable bonds is 7. The van der Waals surface area contributed by atoms with Gasteiger partial charge in [0.05, 0.1) is 0 Å². The maximum Gasteiger partial charge on any atom is 0.222 e. The lowest BCUT2D eigenvalue weighted by molar-refractivity contribution is -0.137. The number of aromatic nitrogens is 2. The number of imidazole rings is 1. The van der Waals surface area contributed by atoms with Gasteiger partial charge in [0, 0.05) is 38.4 Å². The maximum atomic E-state index is 12.2. The molecule has 23 heavy (non-hydrogen) atoms. The van der Waals surface area contributed by atoms with Gasteiger partial charge in [-0.15, -0.1) is 0 Å². The summed E-state index contributed by atoms with van der Waals surface area (Å²) in [5, 5.41) is 0. The van der Waals surface area contributed by atoms with Crippen molar-refractivity contribution in [3.05, 3.63) is 29.9 Å². The van der Waals surface area contributed by atoms with E-state index in [1.807, 2.05) is 19.3 Å². The lowest BCUT2D eigenvalue weighted by atomic mass is 9.77. The van der Waals surface area contributed by atoms with Crippen molar-refractivity contribution >= 4 is 5.91 Å². The van der Waals surface area contributed by atoms with Crippen LogP contribution in [0, 0.1) is 12.3 Å². The van der Waals surface area contributed by atoms with Gasteiger partial charge in [0.2, 0.25) is 5.91 Å². The fraction of sp³-hybridized carbons (Fsp3) is 0.684. The van der Waals surface area contributed by atoms with Crippen molar-refractivity contribution in [3.8, 4) is 0 Å². The quantitative estimate of drug-likeness (QED) is 0.714. The molecule has 1 aliphatic rings. The molecule has 1 aliphatic heterocycles. The highest BCUT2D eigenvalue weighted by atomic mass is 16.2. The third-order valence-electron chi connectivity index (χ3n) is 4.92. The van der Waals surface area contributed by atoms with E-state index in [2.05, 4.69) is 41.3 Å². The molecule has 0 N–H and O–H groups in total. The minimum atomic E-state index is 0.269. The molecule has 1 amide bonds. The van der Waals surface area contributed by atoms with Crippen LogP contribution in [-0.4, -0.2) is 33.4 Å². The number of amides is 1. The van der Waals surface area contributed by atoms with Crippen LogP contribution in [0.2, 0.25) is 0 Å². The van der Waals surface area contributed by atoms with Crippen LogP contribution in [-0.2, 0) is 11.3 Å². The normalized spacial score (nSPS) is 21.6. The highest BCUT2D eigenvalue weighted by molar-refractivity contribution is 5.77. The van der Waals surface area contributed by atoms with Crippen molar-refractivity contribution in [1.82, 2.24) is 14.5 Å². The lowest BCUT2D eigenvalue weighted by Crippen LogP contribution is -2.45. The molecule has 1 aromatic rings. The van der Waals surface area contributed by atoms with E-state index in [0.717, 1.165) is 44.7 Å². The average Bonchev–Trinajstić information content (AvgIpc) is 2.88. The van der Waals surface area contributed by atoms with Crippen LogP contribution in [0.25, 0.3) is 0 Å². The topological polar surface area (TPSA) is 38.1 Å². The van der Waals surface area contributed by atoms with E-state index in [-0.39, 0.29) is 5.41 Å². The maximum absolute atomic E-state index is 12.2. The van der Waals surface area contributed by atoms with Gasteiger partial charge in [-0.3, -0.25) is 4.79 Å². The molecular weight excluding hydrogens is 286 g/mol. The third-order valence-corrected chi connectivity index (χ3v) is 4.92. The van der Waals surface area contributed by atoms with E-state index in [4.69, 9.17) is 0 Å². The second-order valence-corrected chi connectivity index (χ2v) is 7.47. The van der Waals surface area contributed by atoms with Crippen molar-refractivity contribution < 1.29 is 4.79 Å². The second-order valence-electron chi connectivity index (χ2n) is 7.47. The minimum Gasteiger partial charge on any atom is -0.342 e. The summed E-state index contributed by atoms with van der Waals surface area (Å²) in [6.07, 6.45) is 11.2. The summed E-state index contributed by atoms with van der Waals surface area (Å²) in [5.41, 5.74) is 1.65. The number of allylic oxidation sites excluding steroid dienone is 2. The predicted molar refractivity (Wildman–Crippen MR) is 94.2 cm³/mol. The first-order valence-electron chi connectivity index (χ1n) is 8.78. The van der Waals surface area contributed by atoms with Gasteiger partial charge in [-0.1, -0.05) is 18.6 Å². The Hall–Kier alpha value is -1.58. The number of hydrogen-bond donors (Lipinski definition) is 0. The van der Waals surface area contributed by atoms with Gasteiger partial charge >= 0.3 is 0 Å². The summed E-state index contributed by atoms with van der Waals surface area (Å²) in [6.45, 7) is 11.4. The highest BCUT2D eigenvalue weighted by Gasteiger charge is 2.33. The Bertz CT molecular complexity index is 557. The molecule has 0 bridgehead atoms. The zero-order valence-electron chi connectivity index (χ0n) is 15.1. The summed E-state index contributed by atoms with van der Waals surface area (Å²) in [6, 6.07) is 0. The molecule has 1 aromatic heterocycles. The molecule has 1 atom stereocenters. The van der Waals surface area contributed by atoms with Crippen molar-refractivity contribution in [2.45, 2.75) is 66.3 Å². The molecule has 4 heteroatoms. The van der Waals surface area contributed by atoms with Crippen molar-refractivity contribution in [2.24, 2.45) is 5.41 Å². The molecular formula is C19H31N3O. The number of piperidine rings is 1. The first-order valence-corrected chi connectivity index (χ1v) is 8.78. The molecule has 0 radical (unpaired) electrons. The number of nitrogens with zero attached hydrogens (tertiary/aromatic N) is 3. The van der Waals surface area contributed by atoms with E-state index < -0.39 is 0 Å². The Morgan fingerprint density at radius 3 is 2.83 bits per heavy atom. The molecule has 0 aromatic carbocycles. The largest absolute Gasteiger partial charge is 0.342 e. The van der Waals surface area contributed by atoms with Gasteiger partial charge in [0.15, 0.2) is 0 Å². The van der Waals surface area contributed by atoms with E-state index >= 15 is 0 Å². The summed E-state index contributed by atoms with van der Waals surface area (Å²) >= 11 is 0. The predicted octanol–water partition coefficient (Wildman–Crippen LogP) is 3.96. The summed E-state index contributed by atoms with van der Waals surface area (Å²) < 4.78 is 2.16. The Labute approximate surface area is 140 Å². The van der Waals surface area contributed by atoms with Crippen LogP contribution in [0.1, 0.15) is 58.7 Å². The van der Waals surface area contributed by atoms with Crippen LogP contribution in [0.5, 0.6) is 0 Å². The van der Waals surface area contributed by atoms with E-state index in [9.17, 15) is 4.79 Å². The Morgan fingerprint density at radius 2 is 2.17 bits per heavy atom. The summed E-state index contributed by atoms with van der Waals surface area (Å²) in [7, 11) is 0. The number of carbonyl (C=O) groups excluding carboxylic acids is 1. The molecule has 128 valence electrons. The van der Waals surface area contributed by atoms with Gasteiger partial charge in [-0.25, -0.2) is 4.98 Å². The molecule has 0 saturated carbocycles. The van der Waals surface area contributed by atoms with Gasteiger partial charge in [0.1, 0.15) is 5.82 Å². The number of carbonyl (C=O) groups is 1. The second kappa shape index (κ2) is 7.80. The van der Waals surface area contributed by atoms with Crippen molar-refractivity contribution in [1.29, 1.82) is 0 Å². The monoisotopic (exact) mass is 317 g/mol. The van der Waals surface area contributed by atoms with E-state index in [1.54, 1.807) is 0 Å². The molecule has 2 rings (SSSR count). The Kier molecular flexibility index (Phi) is 6.03. The van der Waals surface area contributed by atoms with Crippen LogP contribution in [0.4, 0.5) is 0 Å². The standard InChI is InChI=1S/C19H31N3O/c1-16(2)7-5-9-19(4)10-8-18(23)22(15-19)13-6-12-21-14-11-20-17(21)3/h7,11,14H,5-6,8-10,12-13,15H2,1-4H3/t19-/m0/s1. The van der Waals surface area contributed by atoms with Gasteiger partial charge in [-0.2, -0.15) is 0 Å². The van der Waals surface area contributed by atoms with Crippen LogP contribution in [0.15, 0.2) is 24.0 Å². The number of likely N-dealkylation sites (tertiary alicyclic amines) is 1. The van der Waals surface area contributed by atoms with Crippen molar-refractivity contribution in [2.75, 3.05) is 13.1 Å². The zero-order valence-corrected chi connectivity index (χ0v) is 15.1. The first-order chi connectivity index (χ1) is 10.9. The molecule has 0 aliphatic carbocycles. The first kappa shape index (κ1) is 17.8. The Balaban J connectivity index is 1.84. The zero-order chi connectivity index (χ0) is 16.9. The van der Waals surface area contributed by atoms with Crippen LogP contribution >= 0.6 is 0 Å². The van der Waals surface area contributed by atoms with E-state index in [1.165, 1.54) is 12.0 Å². The Morgan fingerprint density at radius 1 is 1.39 bits per heavy atom. The fourth-order valence-corrected chi connectivity index (χ4v) is 3.38. The third kappa shape index (κ3) is 5.22. The van der Waals surface area contributed by atoms with Gasteiger partial charge in [-0.05, 0) is 51.9 Å². The fourth-order valence-electron chi connectivity index (χ4n) is 3.38. The SMILES string of the molecule is CC(C)=CCC[C@@]1(C)CCC(=O)N(CCCn2ccnc2C)C1. The number of hydrogen-bond acceptors (Lipinski definition) is 2. The van der Waals surface area contributed by atoms with Gasteiger partial charge < -0.3 is 9.47 Å². The minimum absolute atomic E-state index is 0.269. The summed E-state index contributed by atoms with van der Waals surface area (Å²) in [5.74, 6) is 1.37. The lowest BCUT2D eigenvalue weighted by Gasteiger charge is -2.40. The molecule has 2 heterocycles. The van der Waals surface area contributed by atoms with E-state index in [0.29, 0.717) is 12.3 Å². The van der Waals surface area contributed by atoms with Crippen LogP contribution in [0.3, 0.4) is 0 Å². The summed E-state index contributed by atoms with van der Waals surface area (Å²) in [4.78, 5) is 18.5. The smallest absolute Gasteiger partial charge is 0.222 e. The molecule has 0 unspecified atom stereocenters. The average molecular weight is 317 g/mol. The molecule has 0 spiro atoms.